The summed E-state index contributed by atoms with van der Waals surface area (Å²) in [6.45, 7) is 4.04. The van der Waals surface area contributed by atoms with Crippen molar-refractivity contribution in [2.45, 2.75) is 13.8 Å². The molecule has 0 saturated carbocycles. The summed E-state index contributed by atoms with van der Waals surface area (Å²) in [6, 6.07) is 7.96. The molecule has 0 fully saturated rings. The lowest BCUT2D eigenvalue weighted by molar-refractivity contribution is 0.414. The van der Waals surface area contributed by atoms with Crippen molar-refractivity contribution in [3.05, 3.63) is 41.7 Å². The number of rotatable bonds is 2. The Labute approximate surface area is 101 Å². The Morgan fingerprint density at radius 2 is 1.88 bits per heavy atom. The number of aromatic nitrogens is 1. The average molecular weight is 228 g/mol. The summed E-state index contributed by atoms with van der Waals surface area (Å²) in [6.07, 6.45) is 1.68. The molecule has 1 aromatic heterocycles. The van der Waals surface area contributed by atoms with Crippen LogP contribution in [-0.4, -0.2) is 12.1 Å². The van der Waals surface area contributed by atoms with Crippen LogP contribution in [0, 0.1) is 13.8 Å². The number of pyridine rings is 1. The highest BCUT2D eigenvalue weighted by Gasteiger charge is 2.07. The summed E-state index contributed by atoms with van der Waals surface area (Å²) in [5, 5.41) is 0. The van der Waals surface area contributed by atoms with E-state index in [0.29, 0.717) is 5.69 Å². The molecule has 88 valence electrons. The van der Waals surface area contributed by atoms with E-state index < -0.39 is 0 Å². The third-order valence-corrected chi connectivity index (χ3v) is 2.83. The highest BCUT2D eigenvalue weighted by Crippen LogP contribution is 2.29. The minimum atomic E-state index is 0.681. The fourth-order valence-corrected chi connectivity index (χ4v) is 1.89. The SMILES string of the molecule is COc1ccc(-c2cc(N)cnc2C)c(C)c1. The summed E-state index contributed by atoms with van der Waals surface area (Å²) in [5.41, 5.74) is 10.8. The number of methoxy groups -OCH3 is 1. The molecule has 0 saturated heterocycles. The van der Waals surface area contributed by atoms with Crippen molar-refractivity contribution in [1.82, 2.24) is 4.98 Å². The summed E-state index contributed by atoms with van der Waals surface area (Å²) in [7, 11) is 1.67. The second-order valence-corrected chi connectivity index (χ2v) is 4.08. The van der Waals surface area contributed by atoms with Gasteiger partial charge in [-0.1, -0.05) is 6.07 Å². The third-order valence-electron chi connectivity index (χ3n) is 2.83. The zero-order chi connectivity index (χ0) is 12.4. The molecule has 3 nitrogen and oxygen atoms in total. The monoisotopic (exact) mass is 228 g/mol. The maximum absolute atomic E-state index is 5.78. The molecule has 0 unspecified atom stereocenters. The molecule has 0 atom stereocenters. The van der Waals surface area contributed by atoms with Gasteiger partial charge in [0, 0.05) is 11.3 Å². The molecule has 0 aliphatic rings. The van der Waals surface area contributed by atoms with Crippen molar-refractivity contribution in [3.63, 3.8) is 0 Å². The van der Waals surface area contributed by atoms with Crippen molar-refractivity contribution in [3.8, 4) is 16.9 Å². The first kappa shape index (κ1) is 11.5. The molecule has 0 bridgehead atoms. The molecule has 0 aliphatic heterocycles. The number of ether oxygens (including phenoxy) is 1. The molecule has 17 heavy (non-hydrogen) atoms. The summed E-state index contributed by atoms with van der Waals surface area (Å²) in [5.74, 6) is 0.862. The number of hydrogen-bond acceptors (Lipinski definition) is 3. The molecule has 0 aliphatic carbocycles. The molecule has 2 aromatic rings. The van der Waals surface area contributed by atoms with E-state index in [-0.39, 0.29) is 0 Å². The van der Waals surface area contributed by atoms with Gasteiger partial charge in [-0.05, 0) is 43.2 Å². The van der Waals surface area contributed by atoms with E-state index in [1.807, 2.05) is 31.2 Å². The number of aryl methyl sites for hydroxylation is 2. The Bertz CT molecular complexity index is 550. The molecule has 0 radical (unpaired) electrons. The van der Waals surface area contributed by atoms with Gasteiger partial charge >= 0.3 is 0 Å². The van der Waals surface area contributed by atoms with Gasteiger partial charge in [-0.3, -0.25) is 4.98 Å². The van der Waals surface area contributed by atoms with Gasteiger partial charge in [-0.2, -0.15) is 0 Å². The maximum Gasteiger partial charge on any atom is 0.119 e. The maximum atomic E-state index is 5.78. The van der Waals surface area contributed by atoms with Crippen molar-refractivity contribution >= 4 is 5.69 Å². The van der Waals surface area contributed by atoms with E-state index >= 15 is 0 Å². The zero-order valence-corrected chi connectivity index (χ0v) is 10.3. The van der Waals surface area contributed by atoms with E-state index in [4.69, 9.17) is 10.5 Å². The fraction of sp³-hybridized carbons (Fsp3) is 0.214. The molecule has 0 spiro atoms. The van der Waals surface area contributed by atoms with Gasteiger partial charge in [0.15, 0.2) is 0 Å². The van der Waals surface area contributed by atoms with Crippen LogP contribution in [0.2, 0.25) is 0 Å². The van der Waals surface area contributed by atoms with E-state index in [1.54, 1.807) is 13.3 Å². The van der Waals surface area contributed by atoms with Crippen molar-refractivity contribution in [2.24, 2.45) is 0 Å². The Hall–Kier alpha value is -2.03. The lowest BCUT2D eigenvalue weighted by Crippen LogP contribution is -1.94. The number of benzene rings is 1. The van der Waals surface area contributed by atoms with Crippen LogP contribution >= 0.6 is 0 Å². The lowest BCUT2D eigenvalue weighted by atomic mass is 9.99. The fourth-order valence-electron chi connectivity index (χ4n) is 1.89. The molecular formula is C14H16N2O. The predicted octanol–water partition coefficient (Wildman–Crippen LogP) is 2.96. The van der Waals surface area contributed by atoms with Crippen LogP contribution in [0.1, 0.15) is 11.3 Å². The minimum absolute atomic E-state index is 0.681. The number of nitrogens with zero attached hydrogens (tertiary/aromatic N) is 1. The van der Waals surface area contributed by atoms with Gasteiger partial charge in [-0.25, -0.2) is 0 Å². The summed E-state index contributed by atoms with van der Waals surface area (Å²) >= 11 is 0. The van der Waals surface area contributed by atoms with Gasteiger partial charge in [-0.15, -0.1) is 0 Å². The van der Waals surface area contributed by atoms with E-state index in [1.165, 1.54) is 0 Å². The van der Waals surface area contributed by atoms with Gasteiger partial charge in [0.25, 0.3) is 0 Å². The van der Waals surface area contributed by atoms with Crippen LogP contribution in [0.5, 0.6) is 5.75 Å². The molecule has 2 N–H and O–H groups in total. The Balaban J connectivity index is 2.56. The van der Waals surface area contributed by atoms with Crippen molar-refractivity contribution in [2.75, 3.05) is 12.8 Å². The minimum Gasteiger partial charge on any atom is -0.497 e. The molecule has 0 amide bonds. The summed E-state index contributed by atoms with van der Waals surface area (Å²) < 4.78 is 5.20. The predicted molar refractivity (Wildman–Crippen MR) is 70.1 cm³/mol. The quantitative estimate of drug-likeness (QED) is 0.859. The first-order valence-electron chi connectivity index (χ1n) is 5.49. The van der Waals surface area contributed by atoms with Crippen LogP contribution in [0.3, 0.4) is 0 Å². The van der Waals surface area contributed by atoms with Crippen molar-refractivity contribution in [1.29, 1.82) is 0 Å². The van der Waals surface area contributed by atoms with Gasteiger partial charge in [0.2, 0.25) is 0 Å². The molecule has 1 heterocycles. The number of nitrogens with two attached hydrogens (primary N) is 1. The molecule has 2 rings (SSSR count). The van der Waals surface area contributed by atoms with Crippen LogP contribution in [0.15, 0.2) is 30.5 Å². The molecule has 3 heteroatoms. The Kier molecular flexibility index (Phi) is 3.00. The lowest BCUT2D eigenvalue weighted by Gasteiger charge is -2.11. The highest BCUT2D eigenvalue weighted by molar-refractivity contribution is 5.72. The first-order valence-corrected chi connectivity index (χ1v) is 5.49. The van der Waals surface area contributed by atoms with E-state index in [0.717, 1.165) is 28.1 Å². The second kappa shape index (κ2) is 4.45. The van der Waals surface area contributed by atoms with E-state index in [9.17, 15) is 0 Å². The van der Waals surface area contributed by atoms with E-state index in [2.05, 4.69) is 11.9 Å². The average Bonchev–Trinajstić information content (AvgIpc) is 2.32. The Morgan fingerprint density at radius 3 is 2.53 bits per heavy atom. The standard InChI is InChI=1S/C14H16N2O/c1-9-6-12(17-3)4-5-13(9)14-7-11(15)8-16-10(14)2/h4-8H,15H2,1-3H3. The smallest absolute Gasteiger partial charge is 0.119 e. The normalized spacial score (nSPS) is 10.3. The van der Waals surface area contributed by atoms with Gasteiger partial charge in [0.05, 0.1) is 19.0 Å². The molecular weight excluding hydrogens is 212 g/mol. The van der Waals surface area contributed by atoms with Crippen LogP contribution < -0.4 is 10.5 Å². The van der Waals surface area contributed by atoms with Crippen molar-refractivity contribution < 1.29 is 4.74 Å². The highest BCUT2D eigenvalue weighted by atomic mass is 16.5. The van der Waals surface area contributed by atoms with Crippen LogP contribution in [0.4, 0.5) is 5.69 Å². The number of anilines is 1. The second-order valence-electron chi connectivity index (χ2n) is 4.08. The summed E-state index contributed by atoms with van der Waals surface area (Å²) in [4.78, 5) is 4.28. The van der Waals surface area contributed by atoms with Gasteiger partial charge < -0.3 is 10.5 Å². The largest absolute Gasteiger partial charge is 0.497 e. The number of hydrogen-bond donors (Lipinski definition) is 1. The molecule has 1 aromatic carbocycles. The first-order chi connectivity index (χ1) is 8.11. The van der Waals surface area contributed by atoms with Crippen LogP contribution in [0.25, 0.3) is 11.1 Å². The zero-order valence-electron chi connectivity index (χ0n) is 10.3. The number of nitrogen functional groups attached to an aromatic ring is 1. The Morgan fingerprint density at radius 1 is 1.12 bits per heavy atom. The van der Waals surface area contributed by atoms with Gasteiger partial charge in [0.1, 0.15) is 5.75 Å². The topological polar surface area (TPSA) is 48.1 Å². The third kappa shape index (κ3) is 2.23. The van der Waals surface area contributed by atoms with Crippen LogP contribution in [-0.2, 0) is 0 Å².